The molecule has 2 heterocycles. The molecular formula is C20H29NO3. The third-order valence-corrected chi connectivity index (χ3v) is 4.64. The van der Waals surface area contributed by atoms with Crippen molar-refractivity contribution in [1.82, 2.24) is 4.90 Å². The van der Waals surface area contributed by atoms with E-state index in [2.05, 4.69) is 0 Å². The van der Waals surface area contributed by atoms with Gasteiger partial charge in [-0.15, -0.1) is 0 Å². The molecule has 2 atom stereocenters. The van der Waals surface area contributed by atoms with E-state index in [1.165, 1.54) is 24.1 Å². The molecule has 0 saturated carbocycles. The first-order valence-electron chi connectivity index (χ1n) is 11.7. The lowest BCUT2D eigenvalue weighted by Gasteiger charge is -2.44. The van der Waals surface area contributed by atoms with Crippen LogP contribution in [-0.2, 0) is 11.2 Å². The minimum absolute atomic E-state index is 0.0159. The molecule has 3 rings (SSSR count). The van der Waals surface area contributed by atoms with Crippen LogP contribution in [0.15, 0.2) is 12.1 Å². The van der Waals surface area contributed by atoms with Crippen LogP contribution in [0.5, 0.6) is 11.5 Å². The van der Waals surface area contributed by atoms with Crippen molar-refractivity contribution in [3.05, 3.63) is 23.3 Å². The van der Waals surface area contributed by atoms with Gasteiger partial charge in [-0.1, -0.05) is 20.8 Å². The number of rotatable bonds is 3. The average Bonchev–Trinajstić information content (AvgIpc) is 2.59. The van der Waals surface area contributed by atoms with Crippen molar-refractivity contribution >= 4 is 5.78 Å². The van der Waals surface area contributed by atoms with Crippen LogP contribution in [0.4, 0.5) is 0 Å². The number of carbonyl (C=O) groups excluding carboxylic acids is 1. The molecule has 2 aliphatic rings. The molecule has 24 heavy (non-hydrogen) atoms. The van der Waals surface area contributed by atoms with Gasteiger partial charge in [0.15, 0.2) is 11.5 Å². The first-order valence-corrected chi connectivity index (χ1v) is 8.19. The molecule has 132 valence electrons. The van der Waals surface area contributed by atoms with Crippen LogP contribution in [0.2, 0.25) is 0 Å². The molecule has 0 spiro atoms. The summed E-state index contributed by atoms with van der Waals surface area (Å²) in [7, 11) is -1.44. The van der Waals surface area contributed by atoms with Crippen molar-refractivity contribution in [2.75, 3.05) is 27.2 Å². The molecule has 2 aliphatic heterocycles. The third-order valence-electron chi connectivity index (χ3n) is 4.64. The van der Waals surface area contributed by atoms with E-state index in [1.54, 1.807) is 0 Å². The van der Waals surface area contributed by atoms with Crippen molar-refractivity contribution < 1.29 is 23.9 Å². The number of fused-ring (bicyclic) bond motifs is 3. The quantitative estimate of drug-likeness (QED) is 0.844. The number of aryl methyl sites for hydroxylation is 1. The van der Waals surface area contributed by atoms with Gasteiger partial charge in [0.25, 0.3) is 0 Å². The molecular weight excluding hydrogens is 302 g/mol. The monoisotopic (exact) mass is 338 g/mol. The Morgan fingerprint density at radius 1 is 1.33 bits per heavy atom. The smallest absolute Gasteiger partial charge is 0.161 e. The summed E-state index contributed by atoms with van der Waals surface area (Å²) in [5, 5.41) is 0. The van der Waals surface area contributed by atoms with E-state index in [4.69, 9.17) is 19.1 Å². The van der Waals surface area contributed by atoms with E-state index in [1.807, 2.05) is 20.8 Å². The fourth-order valence-electron chi connectivity index (χ4n) is 3.58. The van der Waals surface area contributed by atoms with Gasteiger partial charge < -0.3 is 9.47 Å². The van der Waals surface area contributed by atoms with Gasteiger partial charge in [-0.3, -0.25) is 9.69 Å². The SMILES string of the molecule is [2H]C([2H])([2H])Oc1cc2c(cc1OC)[C@@H]1CC(=O)[C@@H](CC(C)(C)C)CN1C([2H])([2H])C2([2H])[2H]. The normalized spacial score (nSPS) is 33.3. The minimum Gasteiger partial charge on any atom is -0.493 e. The Morgan fingerprint density at radius 3 is 2.75 bits per heavy atom. The van der Waals surface area contributed by atoms with Gasteiger partial charge >= 0.3 is 0 Å². The van der Waals surface area contributed by atoms with Crippen LogP contribution in [0.25, 0.3) is 0 Å². The number of hydrogen-bond acceptors (Lipinski definition) is 4. The van der Waals surface area contributed by atoms with Crippen molar-refractivity contribution in [3.63, 3.8) is 0 Å². The Bertz CT molecular complexity index is 877. The Morgan fingerprint density at radius 2 is 2.08 bits per heavy atom. The number of benzene rings is 1. The molecule has 1 aromatic carbocycles. The molecule has 1 fully saturated rings. The van der Waals surface area contributed by atoms with Crippen LogP contribution >= 0.6 is 0 Å². The number of carbonyl (C=O) groups is 1. The van der Waals surface area contributed by atoms with Gasteiger partial charge in [0.1, 0.15) is 5.78 Å². The van der Waals surface area contributed by atoms with Crippen LogP contribution in [-0.4, -0.2) is 37.9 Å². The van der Waals surface area contributed by atoms with Crippen molar-refractivity contribution in [2.45, 2.75) is 46.0 Å². The standard InChI is InChI=1S/C20H29NO3/c1-20(2,3)11-14-12-21-7-6-13-8-18(23-4)19(24-5)9-15(13)16(21)10-17(14)22/h8-9,14,16H,6-7,10-12H2,1-5H3/t14-,16-/m0/s1/i4D3,6D2,7D2. The lowest BCUT2D eigenvalue weighted by Crippen LogP contribution is -2.47. The highest BCUT2D eigenvalue weighted by Gasteiger charge is 2.39. The fraction of sp³-hybridized carbons (Fsp3) is 0.650. The highest BCUT2D eigenvalue weighted by Crippen LogP contribution is 2.43. The molecule has 1 saturated heterocycles. The summed E-state index contributed by atoms with van der Waals surface area (Å²) in [5.74, 6) is -0.467. The maximum atomic E-state index is 12.9. The summed E-state index contributed by atoms with van der Waals surface area (Å²) in [6.07, 6.45) is -1.84. The highest BCUT2D eigenvalue weighted by molar-refractivity contribution is 5.83. The van der Waals surface area contributed by atoms with Gasteiger partial charge in [0, 0.05) is 36.9 Å². The summed E-state index contributed by atoms with van der Waals surface area (Å²) >= 11 is 0. The number of hydrogen-bond donors (Lipinski definition) is 0. The Balaban J connectivity index is 2.13. The second-order valence-electron chi connectivity index (χ2n) is 7.73. The highest BCUT2D eigenvalue weighted by atomic mass is 16.5. The largest absolute Gasteiger partial charge is 0.493 e. The fourth-order valence-corrected chi connectivity index (χ4v) is 3.58. The molecule has 0 unspecified atom stereocenters. The number of ether oxygens (including phenoxy) is 2. The van der Waals surface area contributed by atoms with Crippen LogP contribution in [0, 0.1) is 11.3 Å². The lowest BCUT2D eigenvalue weighted by molar-refractivity contribution is -0.130. The van der Waals surface area contributed by atoms with E-state index in [0.29, 0.717) is 12.0 Å². The molecule has 1 aromatic rings. The molecule has 0 N–H and O–H groups in total. The summed E-state index contributed by atoms with van der Waals surface area (Å²) in [5.41, 5.74) is 0.260. The van der Waals surface area contributed by atoms with Crippen molar-refractivity contribution in [2.24, 2.45) is 11.3 Å². The van der Waals surface area contributed by atoms with Crippen LogP contribution < -0.4 is 9.47 Å². The van der Waals surface area contributed by atoms with Crippen LogP contribution in [0.3, 0.4) is 0 Å². The first-order chi connectivity index (χ1) is 14.0. The summed E-state index contributed by atoms with van der Waals surface area (Å²) < 4.78 is 66.9. The number of Topliss-reactive ketones (excluding diaryl/α,β-unsaturated/α-hetero) is 1. The zero-order valence-electron chi connectivity index (χ0n) is 21.6. The number of nitrogens with zero attached hydrogens (tertiary/aromatic N) is 1. The third kappa shape index (κ3) is 3.30. The van der Waals surface area contributed by atoms with Gasteiger partial charge in [0.05, 0.1) is 18.3 Å². The van der Waals surface area contributed by atoms with E-state index in [9.17, 15) is 4.79 Å². The predicted molar refractivity (Wildman–Crippen MR) is 94.8 cm³/mol. The maximum Gasteiger partial charge on any atom is 0.161 e. The predicted octanol–water partition coefficient (Wildman–Crippen LogP) is 3.63. The minimum atomic E-state index is -2.78. The second-order valence-corrected chi connectivity index (χ2v) is 7.73. The Hall–Kier alpha value is -1.55. The van der Waals surface area contributed by atoms with Crippen LogP contribution in [0.1, 0.15) is 60.4 Å². The average molecular weight is 338 g/mol. The summed E-state index contributed by atoms with van der Waals surface area (Å²) in [4.78, 5) is 14.4. The van der Waals surface area contributed by atoms with Crippen molar-refractivity contribution in [1.29, 1.82) is 0 Å². The molecule has 0 bridgehead atoms. The van der Waals surface area contributed by atoms with E-state index in [0.717, 1.165) is 0 Å². The van der Waals surface area contributed by atoms with E-state index in [-0.39, 0.29) is 47.1 Å². The molecule has 4 heteroatoms. The zero-order chi connectivity index (χ0) is 23.6. The molecule has 0 aromatic heterocycles. The molecule has 0 radical (unpaired) electrons. The second kappa shape index (κ2) is 6.40. The number of methoxy groups -OCH3 is 2. The topological polar surface area (TPSA) is 38.8 Å². The number of ketones is 1. The maximum absolute atomic E-state index is 12.9. The zero-order valence-corrected chi connectivity index (χ0v) is 14.6. The van der Waals surface area contributed by atoms with E-state index < -0.39 is 25.9 Å². The molecule has 4 nitrogen and oxygen atoms in total. The molecule has 0 amide bonds. The lowest BCUT2D eigenvalue weighted by atomic mass is 9.76. The summed E-state index contributed by atoms with van der Waals surface area (Å²) in [6, 6.07) is 1.99. The first kappa shape index (κ1) is 10.4. The van der Waals surface area contributed by atoms with E-state index >= 15 is 0 Å². The van der Waals surface area contributed by atoms with Crippen molar-refractivity contribution in [3.8, 4) is 11.5 Å². The molecule has 0 aliphatic carbocycles. The Kier molecular flexibility index (Phi) is 2.78. The van der Waals surface area contributed by atoms with Gasteiger partial charge in [-0.05, 0) is 41.5 Å². The van der Waals surface area contributed by atoms with Gasteiger partial charge in [-0.2, -0.15) is 0 Å². The van der Waals surface area contributed by atoms with Gasteiger partial charge in [0.2, 0.25) is 0 Å². The number of piperidine rings is 1. The Labute approximate surface area is 155 Å². The van der Waals surface area contributed by atoms with Gasteiger partial charge in [-0.25, -0.2) is 0 Å². The summed E-state index contributed by atoms with van der Waals surface area (Å²) in [6.45, 7) is 3.76.